The molecule has 4 rings (SSSR count). The van der Waals surface area contributed by atoms with Crippen molar-refractivity contribution >= 4 is 25.1 Å². The lowest BCUT2D eigenvalue weighted by Gasteiger charge is -2.27. The molecule has 0 aromatic heterocycles. The molecule has 146 valence electrons. The average Bonchev–Trinajstić information content (AvgIpc) is 3.38. The number of amides is 1. The SMILES string of the molecule is S.[C-]#[N+]c1ccc(C2(C(=O)N[C@H](CN3CCCC3)c3ccccc3)CC2)cc1. The zero-order valence-corrected chi connectivity index (χ0v) is 17.0. The molecule has 1 atom stereocenters. The standard InChI is InChI=1S/C23H25N3O.H2S/c1-24-20-11-9-19(10-12-20)23(13-14-23)22(27)25-21(17-26-15-5-6-16-26)18-7-3-2-4-8-18;/h2-4,7-12,21H,5-6,13-17H2,(H,25,27);1H2/t21-;/m1./s1. The fourth-order valence-corrected chi connectivity index (χ4v) is 4.07. The summed E-state index contributed by atoms with van der Waals surface area (Å²) in [5, 5.41) is 3.35. The molecule has 0 radical (unpaired) electrons. The van der Waals surface area contributed by atoms with Crippen LogP contribution in [0.5, 0.6) is 0 Å². The van der Waals surface area contributed by atoms with Crippen LogP contribution in [-0.2, 0) is 10.2 Å². The van der Waals surface area contributed by atoms with E-state index in [1.54, 1.807) is 0 Å². The predicted molar refractivity (Wildman–Crippen MR) is 117 cm³/mol. The van der Waals surface area contributed by atoms with Crippen LogP contribution < -0.4 is 5.32 Å². The van der Waals surface area contributed by atoms with Gasteiger partial charge in [-0.1, -0.05) is 54.6 Å². The van der Waals surface area contributed by atoms with Gasteiger partial charge in [0.2, 0.25) is 5.91 Å². The Balaban J connectivity index is 0.00000225. The Morgan fingerprint density at radius 3 is 2.29 bits per heavy atom. The lowest BCUT2D eigenvalue weighted by atomic mass is 9.93. The second-order valence-corrected chi connectivity index (χ2v) is 7.69. The second kappa shape index (κ2) is 8.81. The molecular formula is C23H27N3OS. The topological polar surface area (TPSA) is 36.7 Å². The monoisotopic (exact) mass is 393 g/mol. The lowest BCUT2D eigenvalue weighted by Crippen LogP contribution is -2.41. The number of carbonyl (C=O) groups excluding carboxylic acids is 1. The minimum absolute atomic E-state index is 0. The number of nitrogens with zero attached hydrogens (tertiary/aromatic N) is 2. The maximum atomic E-state index is 13.2. The fourth-order valence-electron chi connectivity index (χ4n) is 4.07. The molecule has 28 heavy (non-hydrogen) atoms. The summed E-state index contributed by atoms with van der Waals surface area (Å²) < 4.78 is 0. The van der Waals surface area contributed by atoms with Gasteiger partial charge in [-0.15, -0.1) is 0 Å². The van der Waals surface area contributed by atoms with Crippen molar-refractivity contribution in [2.75, 3.05) is 19.6 Å². The molecule has 1 N–H and O–H groups in total. The van der Waals surface area contributed by atoms with Crippen molar-refractivity contribution in [2.45, 2.75) is 37.1 Å². The first kappa shape index (κ1) is 20.4. The van der Waals surface area contributed by atoms with Gasteiger partial charge in [-0.2, -0.15) is 13.5 Å². The van der Waals surface area contributed by atoms with E-state index in [1.807, 2.05) is 42.5 Å². The van der Waals surface area contributed by atoms with Gasteiger partial charge >= 0.3 is 0 Å². The smallest absolute Gasteiger partial charge is 0.231 e. The zero-order valence-electron chi connectivity index (χ0n) is 16.0. The van der Waals surface area contributed by atoms with Crippen LogP contribution in [0.1, 0.15) is 42.9 Å². The quantitative estimate of drug-likeness (QED) is 0.742. The number of nitrogens with one attached hydrogen (secondary N) is 1. The minimum Gasteiger partial charge on any atom is -0.347 e. The van der Waals surface area contributed by atoms with E-state index in [-0.39, 0.29) is 25.4 Å². The number of benzene rings is 2. The summed E-state index contributed by atoms with van der Waals surface area (Å²) in [4.78, 5) is 19.1. The third-order valence-corrected chi connectivity index (χ3v) is 5.88. The number of hydrogen-bond acceptors (Lipinski definition) is 2. The van der Waals surface area contributed by atoms with Gasteiger partial charge in [-0.05, 0) is 49.9 Å². The summed E-state index contributed by atoms with van der Waals surface area (Å²) >= 11 is 0. The average molecular weight is 394 g/mol. The second-order valence-electron chi connectivity index (χ2n) is 7.69. The van der Waals surface area contributed by atoms with Crippen LogP contribution in [0.15, 0.2) is 54.6 Å². The van der Waals surface area contributed by atoms with Gasteiger partial charge < -0.3 is 10.2 Å². The summed E-state index contributed by atoms with van der Waals surface area (Å²) in [5.41, 5.74) is 2.39. The van der Waals surface area contributed by atoms with Crippen LogP contribution in [0.4, 0.5) is 5.69 Å². The summed E-state index contributed by atoms with van der Waals surface area (Å²) in [6.07, 6.45) is 4.24. The molecular weight excluding hydrogens is 366 g/mol. The van der Waals surface area contributed by atoms with E-state index in [1.165, 1.54) is 12.8 Å². The Bertz CT molecular complexity index is 834. The van der Waals surface area contributed by atoms with Gasteiger partial charge in [0.15, 0.2) is 5.69 Å². The molecule has 1 amide bonds. The number of hydrogen-bond donors (Lipinski definition) is 1. The maximum Gasteiger partial charge on any atom is 0.231 e. The molecule has 2 aromatic carbocycles. The van der Waals surface area contributed by atoms with Crippen LogP contribution in [0.25, 0.3) is 4.85 Å². The number of rotatable bonds is 6. The predicted octanol–water partition coefficient (Wildman–Crippen LogP) is 4.34. The highest BCUT2D eigenvalue weighted by atomic mass is 32.1. The molecule has 0 bridgehead atoms. The van der Waals surface area contributed by atoms with Gasteiger partial charge in [0.25, 0.3) is 0 Å². The normalized spacial score (nSPS) is 18.5. The first-order chi connectivity index (χ1) is 13.2. The van der Waals surface area contributed by atoms with Crippen LogP contribution in [0, 0.1) is 6.57 Å². The van der Waals surface area contributed by atoms with Crippen molar-refractivity contribution < 1.29 is 4.79 Å². The Labute approximate surface area is 174 Å². The molecule has 1 saturated carbocycles. The Morgan fingerprint density at radius 1 is 1.07 bits per heavy atom. The fraction of sp³-hybridized carbons (Fsp3) is 0.391. The third-order valence-electron chi connectivity index (χ3n) is 5.88. The molecule has 0 unspecified atom stereocenters. The molecule has 2 aliphatic rings. The molecule has 1 heterocycles. The number of carbonyl (C=O) groups is 1. The van der Waals surface area contributed by atoms with Gasteiger partial charge in [0.05, 0.1) is 18.0 Å². The van der Waals surface area contributed by atoms with Crippen molar-refractivity contribution in [2.24, 2.45) is 0 Å². The Hall–Kier alpha value is -2.29. The zero-order chi connectivity index (χ0) is 18.7. The molecule has 0 spiro atoms. The first-order valence-electron chi connectivity index (χ1n) is 9.77. The highest BCUT2D eigenvalue weighted by Gasteiger charge is 2.51. The van der Waals surface area contributed by atoms with Gasteiger partial charge in [-0.3, -0.25) is 4.79 Å². The highest BCUT2D eigenvalue weighted by Crippen LogP contribution is 2.49. The van der Waals surface area contributed by atoms with Crippen LogP contribution in [0.2, 0.25) is 0 Å². The summed E-state index contributed by atoms with van der Waals surface area (Å²) in [5.74, 6) is 0.117. The number of likely N-dealkylation sites (tertiary alicyclic amines) is 1. The van der Waals surface area contributed by atoms with Crippen molar-refractivity contribution in [3.8, 4) is 0 Å². The molecule has 1 saturated heterocycles. The van der Waals surface area contributed by atoms with E-state index in [0.717, 1.165) is 43.6 Å². The van der Waals surface area contributed by atoms with E-state index < -0.39 is 5.41 Å². The minimum atomic E-state index is -0.418. The van der Waals surface area contributed by atoms with Crippen molar-refractivity contribution in [1.29, 1.82) is 0 Å². The molecule has 1 aliphatic heterocycles. The van der Waals surface area contributed by atoms with Crippen LogP contribution >= 0.6 is 13.5 Å². The van der Waals surface area contributed by atoms with Crippen molar-refractivity contribution in [1.82, 2.24) is 10.2 Å². The molecule has 2 aromatic rings. The molecule has 5 heteroatoms. The van der Waals surface area contributed by atoms with E-state index in [9.17, 15) is 4.79 Å². The van der Waals surface area contributed by atoms with Gasteiger partial charge in [0, 0.05) is 6.54 Å². The van der Waals surface area contributed by atoms with E-state index in [2.05, 4.69) is 27.2 Å². The molecule has 1 aliphatic carbocycles. The van der Waals surface area contributed by atoms with E-state index in [4.69, 9.17) is 6.57 Å². The molecule has 4 nitrogen and oxygen atoms in total. The first-order valence-corrected chi connectivity index (χ1v) is 9.77. The van der Waals surface area contributed by atoms with Crippen LogP contribution in [-0.4, -0.2) is 30.4 Å². The summed E-state index contributed by atoms with van der Waals surface area (Å²) in [7, 11) is 0. The van der Waals surface area contributed by atoms with Gasteiger partial charge in [0.1, 0.15) is 0 Å². The van der Waals surface area contributed by atoms with Crippen molar-refractivity contribution in [3.05, 3.63) is 77.1 Å². The molecule has 2 fully saturated rings. The highest BCUT2D eigenvalue weighted by molar-refractivity contribution is 7.59. The third kappa shape index (κ3) is 4.24. The van der Waals surface area contributed by atoms with E-state index >= 15 is 0 Å². The van der Waals surface area contributed by atoms with Gasteiger partial charge in [-0.25, -0.2) is 4.85 Å². The van der Waals surface area contributed by atoms with Crippen molar-refractivity contribution in [3.63, 3.8) is 0 Å². The Kier molecular flexibility index (Phi) is 6.43. The largest absolute Gasteiger partial charge is 0.347 e. The summed E-state index contributed by atoms with van der Waals surface area (Å²) in [6.45, 7) is 10.2. The van der Waals surface area contributed by atoms with E-state index in [0.29, 0.717) is 5.69 Å². The maximum absolute atomic E-state index is 13.2. The lowest BCUT2D eigenvalue weighted by molar-refractivity contribution is -0.124. The summed E-state index contributed by atoms with van der Waals surface area (Å²) in [6, 6.07) is 17.8. The Morgan fingerprint density at radius 2 is 1.71 bits per heavy atom. The van der Waals surface area contributed by atoms with Crippen LogP contribution in [0.3, 0.4) is 0 Å².